The maximum Gasteiger partial charge on any atom is 0.118 e. The minimum Gasteiger partial charge on any atom is -0.464 e. The third-order valence-electron chi connectivity index (χ3n) is 2.80. The number of hydrogen-bond acceptors (Lipinski definition) is 3. The van der Waals surface area contributed by atoms with E-state index < -0.39 is 10.8 Å². The standard InChI is InChI=1S/C15H18ClNO2S/c1-2-9-17-10-12-7-8-13(19-12)11-20(18)15-6-4-3-5-14(15)16/h3-8,17H,2,9-11H2,1H3. The van der Waals surface area contributed by atoms with Crippen LogP contribution in [0.25, 0.3) is 0 Å². The van der Waals surface area contributed by atoms with Crippen LogP contribution in [-0.2, 0) is 23.1 Å². The van der Waals surface area contributed by atoms with Crippen LogP contribution < -0.4 is 5.32 Å². The Labute approximate surface area is 126 Å². The average Bonchev–Trinajstić information content (AvgIpc) is 2.87. The summed E-state index contributed by atoms with van der Waals surface area (Å²) in [5.41, 5.74) is 0. The highest BCUT2D eigenvalue weighted by molar-refractivity contribution is 7.84. The lowest BCUT2D eigenvalue weighted by Crippen LogP contribution is -2.13. The molecule has 1 unspecified atom stereocenters. The fraction of sp³-hybridized carbons (Fsp3) is 0.333. The third kappa shape index (κ3) is 4.20. The summed E-state index contributed by atoms with van der Waals surface area (Å²) in [6.45, 7) is 3.78. The molecule has 2 aromatic rings. The van der Waals surface area contributed by atoms with Gasteiger partial charge in [0.15, 0.2) is 0 Å². The highest BCUT2D eigenvalue weighted by atomic mass is 35.5. The van der Waals surface area contributed by atoms with Crippen molar-refractivity contribution in [1.29, 1.82) is 0 Å². The van der Waals surface area contributed by atoms with Crippen LogP contribution in [0.5, 0.6) is 0 Å². The second kappa shape index (κ2) is 7.62. The van der Waals surface area contributed by atoms with Crippen LogP contribution in [-0.4, -0.2) is 10.8 Å². The van der Waals surface area contributed by atoms with Crippen molar-refractivity contribution in [1.82, 2.24) is 5.32 Å². The van der Waals surface area contributed by atoms with E-state index in [1.807, 2.05) is 24.3 Å². The Morgan fingerprint density at radius 1 is 1.20 bits per heavy atom. The molecule has 0 aliphatic rings. The summed E-state index contributed by atoms with van der Waals surface area (Å²) in [7, 11) is -1.19. The molecule has 5 heteroatoms. The summed E-state index contributed by atoms with van der Waals surface area (Å²) >= 11 is 6.04. The largest absolute Gasteiger partial charge is 0.464 e. The minimum absolute atomic E-state index is 0.345. The predicted molar refractivity (Wildman–Crippen MR) is 82.3 cm³/mol. The first-order valence-corrected chi connectivity index (χ1v) is 8.31. The van der Waals surface area contributed by atoms with Crippen molar-refractivity contribution < 1.29 is 8.63 Å². The fourth-order valence-corrected chi connectivity index (χ4v) is 3.30. The summed E-state index contributed by atoms with van der Waals surface area (Å²) < 4.78 is 17.9. The lowest BCUT2D eigenvalue weighted by Gasteiger charge is -2.03. The van der Waals surface area contributed by atoms with Crippen molar-refractivity contribution in [3.63, 3.8) is 0 Å². The van der Waals surface area contributed by atoms with Gasteiger partial charge < -0.3 is 9.73 Å². The molecule has 0 saturated heterocycles. The maximum absolute atomic E-state index is 12.3. The smallest absolute Gasteiger partial charge is 0.118 e. The van der Waals surface area contributed by atoms with E-state index in [0.717, 1.165) is 24.5 Å². The number of hydrogen-bond donors (Lipinski definition) is 1. The summed E-state index contributed by atoms with van der Waals surface area (Å²) in [5.74, 6) is 1.93. The average molecular weight is 312 g/mol. The second-order valence-corrected chi connectivity index (χ2v) is 6.29. The summed E-state index contributed by atoms with van der Waals surface area (Å²) in [4.78, 5) is 0.649. The molecule has 0 aliphatic heterocycles. The molecule has 1 aromatic heterocycles. The Bertz CT molecular complexity index is 583. The first kappa shape index (κ1) is 15.3. The molecular formula is C15H18ClNO2S. The van der Waals surface area contributed by atoms with Gasteiger partial charge in [0.25, 0.3) is 0 Å². The van der Waals surface area contributed by atoms with Gasteiger partial charge in [0, 0.05) is 0 Å². The van der Waals surface area contributed by atoms with E-state index in [-0.39, 0.29) is 0 Å². The molecule has 1 N–H and O–H groups in total. The molecule has 1 heterocycles. The van der Waals surface area contributed by atoms with Gasteiger partial charge in [0.2, 0.25) is 0 Å². The predicted octanol–water partition coefficient (Wildman–Crippen LogP) is 3.74. The lowest BCUT2D eigenvalue weighted by molar-refractivity contribution is 0.458. The third-order valence-corrected chi connectivity index (χ3v) is 4.63. The summed E-state index contributed by atoms with van der Waals surface area (Å²) in [6.07, 6.45) is 1.09. The molecule has 108 valence electrons. The number of halogens is 1. The SMILES string of the molecule is CCCNCc1ccc(CS(=O)c2ccccc2Cl)o1. The van der Waals surface area contributed by atoms with E-state index in [2.05, 4.69) is 12.2 Å². The van der Waals surface area contributed by atoms with Crippen molar-refractivity contribution in [2.75, 3.05) is 6.54 Å². The zero-order chi connectivity index (χ0) is 14.4. The van der Waals surface area contributed by atoms with Gasteiger partial charge in [-0.3, -0.25) is 4.21 Å². The van der Waals surface area contributed by atoms with Crippen LogP contribution in [0.3, 0.4) is 0 Å². The van der Waals surface area contributed by atoms with Gasteiger partial charge in [0.1, 0.15) is 11.5 Å². The Balaban J connectivity index is 1.97. The lowest BCUT2D eigenvalue weighted by atomic mass is 10.4. The molecule has 1 atom stereocenters. The molecule has 0 spiro atoms. The molecule has 0 bridgehead atoms. The van der Waals surface area contributed by atoms with Gasteiger partial charge in [-0.15, -0.1) is 0 Å². The Hall–Kier alpha value is -1.10. The van der Waals surface area contributed by atoms with Gasteiger partial charge in [-0.1, -0.05) is 30.7 Å². The molecule has 3 nitrogen and oxygen atoms in total. The first-order valence-electron chi connectivity index (χ1n) is 6.62. The van der Waals surface area contributed by atoms with Crippen molar-refractivity contribution in [2.45, 2.75) is 30.5 Å². The van der Waals surface area contributed by atoms with E-state index in [1.54, 1.807) is 12.1 Å². The van der Waals surface area contributed by atoms with E-state index in [4.69, 9.17) is 16.0 Å². The zero-order valence-electron chi connectivity index (χ0n) is 11.4. The minimum atomic E-state index is -1.19. The van der Waals surface area contributed by atoms with E-state index >= 15 is 0 Å². The summed E-state index contributed by atoms with van der Waals surface area (Å²) in [5, 5.41) is 3.80. The first-order chi connectivity index (χ1) is 9.70. The van der Waals surface area contributed by atoms with Crippen molar-refractivity contribution >= 4 is 22.4 Å². The number of nitrogens with one attached hydrogen (secondary N) is 1. The van der Waals surface area contributed by atoms with Crippen LogP contribution in [0.15, 0.2) is 45.7 Å². The Morgan fingerprint density at radius 3 is 2.70 bits per heavy atom. The van der Waals surface area contributed by atoms with E-state index in [9.17, 15) is 4.21 Å². The Morgan fingerprint density at radius 2 is 1.95 bits per heavy atom. The van der Waals surface area contributed by atoms with Gasteiger partial charge in [-0.05, 0) is 37.2 Å². The van der Waals surface area contributed by atoms with Crippen molar-refractivity contribution in [2.24, 2.45) is 0 Å². The highest BCUT2D eigenvalue weighted by Crippen LogP contribution is 2.22. The normalized spacial score (nSPS) is 12.5. The maximum atomic E-state index is 12.3. The van der Waals surface area contributed by atoms with Crippen LogP contribution in [0.2, 0.25) is 5.02 Å². The highest BCUT2D eigenvalue weighted by Gasteiger charge is 2.11. The molecule has 0 amide bonds. The van der Waals surface area contributed by atoms with E-state index in [1.165, 1.54) is 0 Å². The number of furan rings is 1. The molecule has 2 rings (SSSR count). The second-order valence-electron chi connectivity index (χ2n) is 4.47. The Kier molecular flexibility index (Phi) is 5.83. The van der Waals surface area contributed by atoms with Crippen LogP contribution in [0, 0.1) is 0 Å². The molecule has 0 aliphatic carbocycles. The summed E-state index contributed by atoms with van der Waals surface area (Å²) in [6, 6.07) is 11.0. The molecule has 0 fully saturated rings. The molecule has 0 radical (unpaired) electrons. The van der Waals surface area contributed by atoms with Crippen molar-refractivity contribution in [3.8, 4) is 0 Å². The van der Waals surface area contributed by atoms with Crippen molar-refractivity contribution in [3.05, 3.63) is 52.9 Å². The zero-order valence-corrected chi connectivity index (χ0v) is 13.0. The molecular weight excluding hydrogens is 294 g/mol. The van der Waals surface area contributed by atoms with Gasteiger partial charge in [-0.2, -0.15) is 0 Å². The molecule has 1 aromatic carbocycles. The van der Waals surface area contributed by atoms with E-state index in [0.29, 0.717) is 22.2 Å². The number of rotatable bonds is 7. The van der Waals surface area contributed by atoms with Gasteiger partial charge in [-0.25, -0.2) is 0 Å². The topological polar surface area (TPSA) is 42.2 Å². The van der Waals surface area contributed by atoms with Gasteiger partial charge in [0.05, 0.1) is 33.0 Å². The molecule has 20 heavy (non-hydrogen) atoms. The molecule has 0 saturated carbocycles. The number of benzene rings is 1. The quantitative estimate of drug-likeness (QED) is 0.792. The van der Waals surface area contributed by atoms with Crippen LogP contribution in [0.1, 0.15) is 24.9 Å². The fourth-order valence-electron chi connectivity index (χ4n) is 1.82. The van der Waals surface area contributed by atoms with Crippen LogP contribution in [0.4, 0.5) is 0 Å². The van der Waals surface area contributed by atoms with Gasteiger partial charge >= 0.3 is 0 Å². The monoisotopic (exact) mass is 311 g/mol. The van der Waals surface area contributed by atoms with Crippen LogP contribution >= 0.6 is 11.6 Å².